The summed E-state index contributed by atoms with van der Waals surface area (Å²) in [7, 11) is 1.65. The Morgan fingerprint density at radius 1 is 1.50 bits per heavy atom. The van der Waals surface area contributed by atoms with Crippen molar-refractivity contribution in [1.29, 1.82) is 0 Å². The van der Waals surface area contributed by atoms with Gasteiger partial charge in [0.1, 0.15) is 0 Å². The summed E-state index contributed by atoms with van der Waals surface area (Å²) in [5, 5.41) is 14.1. The molecule has 0 saturated carbocycles. The summed E-state index contributed by atoms with van der Waals surface area (Å²) in [6.07, 6.45) is 0. The van der Waals surface area contributed by atoms with Crippen LogP contribution in [0, 0.1) is 10.1 Å². The summed E-state index contributed by atoms with van der Waals surface area (Å²) in [4.78, 5) is 10.4. The number of hydrogen-bond acceptors (Lipinski definition) is 4. The molecule has 0 amide bonds. The van der Waals surface area contributed by atoms with Crippen LogP contribution in [0.5, 0.6) is 0 Å². The van der Waals surface area contributed by atoms with Crippen molar-refractivity contribution in [3.05, 3.63) is 38.3 Å². The second kappa shape index (κ2) is 6.26. The molecule has 6 heteroatoms. The predicted molar refractivity (Wildman–Crippen MR) is 73.6 cm³/mol. The van der Waals surface area contributed by atoms with Gasteiger partial charge < -0.3 is 10.1 Å². The van der Waals surface area contributed by atoms with Crippen LogP contribution in [0.4, 0.5) is 5.69 Å². The van der Waals surface area contributed by atoms with Crippen LogP contribution in [0.25, 0.3) is 0 Å². The summed E-state index contributed by atoms with van der Waals surface area (Å²) >= 11 is 3.28. The number of nitrogens with zero attached hydrogens (tertiary/aromatic N) is 1. The van der Waals surface area contributed by atoms with Crippen molar-refractivity contribution < 1.29 is 9.66 Å². The molecule has 0 aliphatic heterocycles. The number of halogens is 1. The highest BCUT2D eigenvalue weighted by Crippen LogP contribution is 2.28. The maximum atomic E-state index is 10.8. The Bertz CT molecular complexity index is 435. The summed E-state index contributed by atoms with van der Waals surface area (Å²) in [5.74, 6) is 0. The minimum absolute atomic E-state index is 0.0823. The molecule has 1 N–H and O–H groups in total. The molecule has 0 heterocycles. The van der Waals surface area contributed by atoms with Crippen LogP contribution in [0.1, 0.15) is 19.4 Å². The summed E-state index contributed by atoms with van der Waals surface area (Å²) in [6, 6.07) is 5.02. The second-order valence-electron chi connectivity index (χ2n) is 4.68. The normalized spacial score (nSPS) is 11.6. The zero-order chi connectivity index (χ0) is 13.8. The van der Waals surface area contributed by atoms with Gasteiger partial charge in [-0.15, -0.1) is 0 Å². The lowest BCUT2D eigenvalue weighted by molar-refractivity contribution is -0.385. The molecule has 0 atom stereocenters. The fourth-order valence-electron chi connectivity index (χ4n) is 1.59. The van der Waals surface area contributed by atoms with Gasteiger partial charge in [-0.3, -0.25) is 10.1 Å². The number of rotatable bonds is 6. The number of hydrogen-bond donors (Lipinski definition) is 1. The van der Waals surface area contributed by atoms with Crippen molar-refractivity contribution in [2.24, 2.45) is 0 Å². The van der Waals surface area contributed by atoms with Crippen LogP contribution < -0.4 is 5.32 Å². The van der Waals surface area contributed by atoms with E-state index in [4.69, 9.17) is 4.74 Å². The quantitative estimate of drug-likeness (QED) is 0.647. The average Bonchev–Trinajstić information content (AvgIpc) is 2.27. The summed E-state index contributed by atoms with van der Waals surface area (Å²) in [6.45, 7) is 5.14. The molecule has 0 aliphatic carbocycles. The van der Waals surface area contributed by atoms with E-state index in [-0.39, 0.29) is 11.2 Å². The SMILES string of the molecule is COCC(C)(C)NCc1cccc([N+](=O)[O-])c1Br. The number of nitro groups is 1. The highest BCUT2D eigenvalue weighted by molar-refractivity contribution is 9.10. The van der Waals surface area contributed by atoms with Crippen LogP contribution in [0.2, 0.25) is 0 Å². The second-order valence-corrected chi connectivity index (χ2v) is 5.47. The van der Waals surface area contributed by atoms with Crippen molar-refractivity contribution in [3.63, 3.8) is 0 Å². The van der Waals surface area contributed by atoms with Crippen LogP contribution >= 0.6 is 15.9 Å². The van der Waals surface area contributed by atoms with E-state index in [9.17, 15) is 10.1 Å². The van der Waals surface area contributed by atoms with Gasteiger partial charge in [-0.05, 0) is 35.3 Å². The summed E-state index contributed by atoms with van der Waals surface area (Å²) < 4.78 is 5.63. The minimum Gasteiger partial charge on any atom is -0.383 e. The van der Waals surface area contributed by atoms with E-state index in [2.05, 4.69) is 21.2 Å². The number of methoxy groups -OCH3 is 1. The van der Waals surface area contributed by atoms with Crippen LogP contribution in [0.3, 0.4) is 0 Å². The van der Waals surface area contributed by atoms with Crippen molar-refractivity contribution >= 4 is 21.6 Å². The van der Waals surface area contributed by atoms with Gasteiger partial charge in [0.25, 0.3) is 5.69 Å². The lowest BCUT2D eigenvalue weighted by atomic mass is 10.1. The van der Waals surface area contributed by atoms with E-state index >= 15 is 0 Å². The first kappa shape index (κ1) is 15.1. The molecule has 0 aromatic heterocycles. The molecule has 18 heavy (non-hydrogen) atoms. The van der Waals surface area contributed by atoms with Gasteiger partial charge in [-0.2, -0.15) is 0 Å². The van der Waals surface area contributed by atoms with Crippen LogP contribution in [0.15, 0.2) is 22.7 Å². The van der Waals surface area contributed by atoms with Crippen molar-refractivity contribution in [2.75, 3.05) is 13.7 Å². The summed E-state index contributed by atoms with van der Waals surface area (Å²) in [5.41, 5.74) is 0.756. The molecule has 0 radical (unpaired) electrons. The van der Waals surface area contributed by atoms with E-state index < -0.39 is 4.92 Å². The zero-order valence-electron chi connectivity index (χ0n) is 10.7. The molecule has 0 unspecified atom stereocenters. The molecule has 0 fully saturated rings. The first-order valence-corrected chi connectivity index (χ1v) is 6.32. The Morgan fingerprint density at radius 2 is 2.17 bits per heavy atom. The topological polar surface area (TPSA) is 64.4 Å². The van der Waals surface area contributed by atoms with Gasteiger partial charge in [0, 0.05) is 25.3 Å². The molecular formula is C12H17BrN2O3. The van der Waals surface area contributed by atoms with Crippen molar-refractivity contribution in [1.82, 2.24) is 5.32 Å². The minimum atomic E-state index is -0.395. The van der Waals surface area contributed by atoms with E-state index in [1.165, 1.54) is 6.07 Å². The molecule has 0 bridgehead atoms. The Labute approximate surface area is 115 Å². The number of nitro benzene ring substituents is 1. The fourth-order valence-corrected chi connectivity index (χ4v) is 2.14. The Morgan fingerprint density at radius 3 is 2.72 bits per heavy atom. The van der Waals surface area contributed by atoms with E-state index in [0.717, 1.165) is 5.56 Å². The molecule has 1 aromatic rings. The molecule has 1 rings (SSSR count). The number of ether oxygens (including phenoxy) is 1. The molecule has 100 valence electrons. The Kier molecular flexibility index (Phi) is 5.25. The molecule has 5 nitrogen and oxygen atoms in total. The first-order chi connectivity index (χ1) is 8.37. The molecular weight excluding hydrogens is 300 g/mol. The molecule has 0 saturated heterocycles. The Hall–Kier alpha value is -0.980. The largest absolute Gasteiger partial charge is 0.383 e. The highest BCUT2D eigenvalue weighted by atomic mass is 79.9. The third-order valence-electron chi connectivity index (χ3n) is 2.52. The van der Waals surface area contributed by atoms with E-state index in [1.54, 1.807) is 13.2 Å². The van der Waals surface area contributed by atoms with Gasteiger partial charge >= 0.3 is 0 Å². The smallest absolute Gasteiger partial charge is 0.283 e. The maximum Gasteiger partial charge on any atom is 0.283 e. The lowest BCUT2D eigenvalue weighted by Crippen LogP contribution is -2.42. The van der Waals surface area contributed by atoms with Gasteiger partial charge in [0.05, 0.1) is 16.0 Å². The first-order valence-electron chi connectivity index (χ1n) is 5.53. The van der Waals surface area contributed by atoms with Crippen molar-refractivity contribution in [2.45, 2.75) is 25.9 Å². The van der Waals surface area contributed by atoms with Gasteiger partial charge in [-0.1, -0.05) is 12.1 Å². The predicted octanol–water partition coefficient (Wildman–Crippen LogP) is 2.87. The number of benzene rings is 1. The molecule has 1 aromatic carbocycles. The van der Waals surface area contributed by atoms with E-state index in [1.807, 2.05) is 19.9 Å². The third kappa shape index (κ3) is 4.04. The van der Waals surface area contributed by atoms with Crippen LogP contribution in [-0.2, 0) is 11.3 Å². The molecule has 0 spiro atoms. The zero-order valence-corrected chi connectivity index (χ0v) is 12.3. The van der Waals surface area contributed by atoms with Crippen LogP contribution in [-0.4, -0.2) is 24.2 Å². The monoisotopic (exact) mass is 316 g/mol. The highest BCUT2D eigenvalue weighted by Gasteiger charge is 2.19. The van der Waals surface area contributed by atoms with Crippen molar-refractivity contribution in [3.8, 4) is 0 Å². The molecule has 0 aliphatic rings. The maximum absolute atomic E-state index is 10.8. The van der Waals surface area contributed by atoms with Gasteiger partial charge in [-0.25, -0.2) is 0 Å². The van der Waals surface area contributed by atoms with Gasteiger partial charge in [0.15, 0.2) is 0 Å². The third-order valence-corrected chi connectivity index (χ3v) is 3.43. The Balaban J connectivity index is 2.80. The standard InChI is InChI=1S/C12H17BrN2O3/c1-12(2,8-18-3)14-7-9-5-4-6-10(11(9)13)15(16)17/h4-6,14H,7-8H2,1-3H3. The lowest BCUT2D eigenvalue weighted by Gasteiger charge is -2.25. The van der Waals surface area contributed by atoms with E-state index in [0.29, 0.717) is 17.6 Å². The fraction of sp³-hybridized carbons (Fsp3) is 0.500. The average molecular weight is 317 g/mol. The van der Waals surface area contributed by atoms with Gasteiger partial charge in [0.2, 0.25) is 0 Å². The number of nitrogens with one attached hydrogen (secondary N) is 1.